The average molecular weight is 441 g/mol. The number of carbonyl (C=O) groups excluding carboxylic acids is 1. The van der Waals surface area contributed by atoms with Gasteiger partial charge in [-0.3, -0.25) is 0 Å². The number of carbonyl (C=O) groups is 1. The summed E-state index contributed by atoms with van der Waals surface area (Å²) in [5.41, 5.74) is 1.42. The molecule has 0 bridgehead atoms. The van der Waals surface area contributed by atoms with Gasteiger partial charge in [-0.05, 0) is 36.4 Å². The number of aromatic nitrogens is 3. The van der Waals surface area contributed by atoms with Crippen LogP contribution in [0.3, 0.4) is 0 Å². The fourth-order valence-corrected chi connectivity index (χ4v) is 3.62. The smallest absolute Gasteiger partial charge is 0.319 e. The number of halogens is 2. The highest BCUT2D eigenvalue weighted by Gasteiger charge is 2.18. The van der Waals surface area contributed by atoms with Gasteiger partial charge in [-0.2, -0.15) is 0 Å². The van der Waals surface area contributed by atoms with E-state index in [-0.39, 0.29) is 16.5 Å². The molecule has 1 aromatic heterocycles. The molecule has 0 aliphatic heterocycles. The number of nitrogens with zero attached hydrogens (tertiary/aromatic N) is 4. The van der Waals surface area contributed by atoms with Gasteiger partial charge in [0.15, 0.2) is 0 Å². The predicted molar refractivity (Wildman–Crippen MR) is 107 cm³/mol. The Hall–Kier alpha value is -2.76. The Morgan fingerprint density at radius 1 is 1.24 bits per heavy atom. The minimum Gasteiger partial charge on any atom is -0.336 e. The highest BCUT2D eigenvalue weighted by molar-refractivity contribution is 7.89. The maximum Gasteiger partial charge on any atom is 0.319 e. The number of benzene rings is 2. The second kappa shape index (κ2) is 8.31. The normalized spacial score (nSPS) is 11.8. The molecule has 0 saturated heterocycles. The van der Waals surface area contributed by atoms with Crippen molar-refractivity contribution >= 4 is 44.4 Å². The van der Waals surface area contributed by atoms with Gasteiger partial charge < -0.3 is 10.6 Å². The third kappa shape index (κ3) is 4.63. The van der Waals surface area contributed by atoms with Gasteiger partial charge in [0.05, 0.1) is 22.0 Å². The fourth-order valence-electron chi connectivity index (χ4n) is 2.51. The second-order valence-electron chi connectivity index (χ2n) is 6.26. The summed E-state index contributed by atoms with van der Waals surface area (Å²) < 4.78 is 40.2. The highest BCUT2D eigenvalue weighted by Crippen LogP contribution is 2.20. The van der Waals surface area contributed by atoms with Crippen LogP contribution in [0.5, 0.6) is 0 Å². The molecule has 0 spiro atoms. The third-order valence-corrected chi connectivity index (χ3v) is 6.15. The molecule has 0 saturated carbocycles. The van der Waals surface area contributed by atoms with Crippen molar-refractivity contribution in [2.24, 2.45) is 0 Å². The first-order valence-corrected chi connectivity index (χ1v) is 10.3. The van der Waals surface area contributed by atoms with Gasteiger partial charge in [-0.25, -0.2) is 26.6 Å². The largest absolute Gasteiger partial charge is 0.336 e. The van der Waals surface area contributed by atoms with E-state index in [9.17, 15) is 17.6 Å². The van der Waals surface area contributed by atoms with Gasteiger partial charge in [0, 0.05) is 26.3 Å². The van der Waals surface area contributed by atoms with Crippen LogP contribution in [0.25, 0.3) is 11.0 Å². The van der Waals surface area contributed by atoms with Crippen LogP contribution >= 0.6 is 11.6 Å². The van der Waals surface area contributed by atoms with Crippen LogP contribution in [0, 0.1) is 5.82 Å². The van der Waals surface area contributed by atoms with Crippen molar-refractivity contribution in [3.05, 3.63) is 47.2 Å². The quantitative estimate of drug-likeness (QED) is 0.611. The first kappa shape index (κ1) is 21.0. The monoisotopic (exact) mass is 440 g/mol. The number of sulfonamides is 1. The van der Waals surface area contributed by atoms with E-state index in [2.05, 4.69) is 20.9 Å². The van der Waals surface area contributed by atoms with Gasteiger partial charge in [0.1, 0.15) is 11.3 Å². The zero-order chi connectivity index (χ0) is 21.2. The van der Waals surface area contributed by atoms with E-state index in [1.165, 1.54) is 38.4 Å². The van der Waals surface area contributed by atoms with Crippen molar-refractivity contribution in [2.45, 2.75) is 11.4 Å². The predicted octanol–water partition coefficient (Wildman–Crippen LogP) is 2.30. The maximum absolute atomic E-state index is 13.1. The third-order valence-electron chi connectivity index (χ3n) is 4.05. The minimum absolute atomic E-state index is 0.0902. The van der Waals surface area contributed by atoms with E-state index in [1.807, 2.05) is 0 Å². The second-order valence-corrected chi connectivity index (χ2v) is 8.82. The van der Waals surface area contributed by atoms with E-state index in [0.29, 0.717) is 23.3 Å². The molecule has 2 N–H and O–H groups in total. The average Bonchev–Trinajstić information content (AvgIpc) is 3.07. The molecule has 0 unspecified atom stereocenters. The SMILES string of the molecule is CN(C)S(=O)(=O)c1ccc2c(c1)nnn2CCNC(=O)Nc1ccc(F)c(Cl)c1. The molecule has 0 fully saturated rings. The first-order chi connectivity index (χ1) is 13.7. The standard InChI is InChI=1S/C17H18ClFN6O3S/c1-24(2)29(27,28)12-4-6-16-15(10-12)22-23-25(16)8-7-20-17(26)21-11-3-5-14(19)13(18)9-11/h3-6,9-10H,7-8H2,1-2H3,(H2,20,21,26). The lowest BCUT2D eigenvalue weighted by molar-refractivity contribution is 0.251. The summed E-state index contributed by atoms with van der Waals surface area (Å²) in [7, 11) is -0.662. The van der Waals surface area contributed by atoms with E-state index >= 15 is 0 Å². The maximum atomic E-state index is 13.1. The summed E-state index contributed by atoms with van der Waals surface area (Å²) >= 11 is 5.68. The topological polar surface area (TPSA) is 109 Å². The van der Waals surface area contributed by atoms with Crippen LogP contribution in [0.15, 0.2) is 41.3 Å². The van der Waals surface area contributed by atoms with Gasteiger partial charge >= 0.3 is 6.03 Å². The number of anilines is 1. The van der Waals surface area contributed by atoms with E-state index in [4.69, 9.17) is 11.6 Å². The molecule has 154 valence electrons. The molecule has 0 atom stereocenters. The highest BCUT2D eigenvalue weighted by atomic mass is 35.5. The van der Waals surface area contributed by atoms with Crippen LogP contribution in [0.2, 0.25) is 5.02 Å². The molecule has 12 heteroatoms. The number of urea groups is 1. The summed E-state index contributed by atoms with van der Waals surface area (Å²) in [6.07, 6.45) is 0. The molecule has 1 heterocycles. The van der Waals surface area contributed by atoms with Crippen LogP contribution < -0.4 is 10.6 Å². The van der Waals surface area contributed by atoms with E-state index in [1.54, 1.807) is 10.7 Å². The van der Waals surface area contributed by atoms with Crippen LogP contribution in [-0.2, 0) is 16.6 Å². The van der Waals surface area contributed by atoms with Crippen LogP contribution in [0.4, 0.5) is 14.9 Å². The van der Waals surface area contributed by atoms with Gasteiger partial charge in [0.2, 0.25) is 10.0 Å². The summed E-state index contributed by atoms with van der Waals surface area (Å²) in [6.45, 7) is 0.546. The summed E-state index contributed by atoms with van der Waals surface area (Å²) in [6, 6.07) is 7.92. The van der Waals surface area contributed by atoms with Gasteiger partial charge in [0.25, 0.3) is 0 Å². The van der Waals surface area contributed by atoms with Crippen molar-refractivity contribution in [2.75, 3.05) is 26.0 Å². The molecule has 2 aromatic carbocycles. The Balaban J connectivity index is 1.62. The number of hydrogen-bond donors (Lipinski definition) is 2. The summed E-state index contributed by atoms with van der Waals surface area (Å²) in [5, 5.41) is 13.1. The molecular weight excluding hydrogens is 423 g/mol. The van der Waals surface area contributed by atoms with Gasteiger partial charge in [-0.1, -0.05) is 16.8 Å². The van der Waals surface area contributed by atoms with Crippen molar-refractivity contribution < 1.29 is 17.6 Å². The number of hydrogen-bond acceptors (Lipinski definition) is 5. The van der Waals surface area contributed by atoms with E-state index < -0.39 is 21.9 Å². The lowest BCUT2D eigenvalue weighted by Crippen LogP contribution is -2.31. The lowest BCUT2D eigenvalue weighted by Gasteiger charge is -2.11. The molecule has 3 rings (SSSR count). The molecular formula is C17H18ClFN6O3S. The van der Waals surface area contributed by atoms with Crippen LogP contribution in [-0.4, -0.2) is 54.4 Å². The Kier molecular flexibility index (Phi) is 6.01. The molecule has 0 radical (unpaired) electrons. The van der Waals surface area contributed by atoms with Crippen LogP contribution in [0.1, 0.15) is 0 Å². The Bertz CT molecular complexity index is 1170. The zero-order valence-corrected chi connectivity index (χ0v) is 17.1. The van der Waals surface area contributed by atoms with Crippen molar-refractivity contribution in [3.8, 4) is 0 Å². The number of amides is 2. The molecule has 9 nitrogen and oxygen atoms in total. The molecule has 0 aliphatic rings. The first-order valence-electron chi connectivity index (χ1n) is 8.44. The van der Waals surface area contributed by atoms with Crippen molar-refractivity contribution in [1.82, 2.24) is 24.6 Å². The number of fused-ring (bicyclic) bond motifs is 1. The molecule has 29 heavy (non-hydrogen) atoms. The Morgan fingerprint density at radius 2 is 2.00 bits per heavy atom. The molecule has 3 aromatic rings. The molecule has 0 aliphatic carbocycles. The lowest BCUT2D eigenvalue weighted by atomic mass is 10.3. The summed E-state index contributed by atoms with van der Waals surface area (Å²) in [4.78, 5) is 12.1. The van der Waals surface area contributed by atoms with Gasteiger partial charge in [-0.15, -0.1) is 5.10 Å². The number of rotatable bonds is 6. The van der Waals surface area contributed by atoms with E-state index in [0.717, 1.165) is 10.4 Å². The molecule has 2 amide bonds. The zero-order valence-electron chi connectivity index (χ0n) is 15.6. The Labute approximate surface area is 171 Å². The van der Waals surface area contributed by atoms with Crippen molar-refractivity contribution in [1.29, 1.82) is 0 Å². The fraction of sp³-hybridized carbons (Fsp3) is 0.235. The summed E-state index contributed by atoms with van der Waals surface area (Å²) in [5.74, 6) is -0.572. The Morgan fingerprint density at radius 3 is 2.69 bits per heavy atom. The number of nitrogens with one attached hydrogen (secondary N) is 2. The minimum atomic E-state index is -3.56. The van der Waals surface area contributed by atoms with Crippen molar-refractivity contribution in [3.63, 3.8) is 0 Å².